The van der Waals surface area contributed by atoms with Crippen molar-refractivity contribution in [1.82, 2.24) is 5.32 Å². The summed E-state index contributed by atoms with van der Waals surface area (Å²) in [5, 5.41) is 5.81. The fourth-order valence-electron chi connectivity index (χ4n) is 2.78. The summed E-state index contributed by atoms with van der Waals surface area (Å²) < 4.78 is 0. The minimum atomic E-state index is -0.537. The van der Waals surface area contributed by atoms with Crippen molar-refractivity contribution in [2.24, 2.45) is 0 Å². The van der Waals surface area contributed by atoms with E-state index in [4.69, 9.17) is 0 Å². The summed E-state index contributed by atoms with van der Waals surface area (Å²) >= 11 is 0. The van der Waals surface area contributed by atoms with Crippen molar-refractivity contribution in [3.63, 3.8) is 0 Å². The van der Waals surface area contributed by atoms with Crippen molar-refractivity contribution >= 4 is 17.5 Å². The number of rotatable bonds is 10. The highest BCUT2D eigenvalue weighted by Crippen LogP contribution is 2.10. The highest BCUT2D eigenvalue weighted by atomic mass is 16.2. The molecular formula is C22H28N2O2. The van der Waals surface area contributed by atoms with Gasteiger partial charge >= 0.3 is 0 Å². The van der Waals surface area contributed by atoms with Gasteiger partial charge in [0.1, 0.15) is 6.04 Å². The molecule has 0 saturated carbocycles. The molecule has 2 aromatic carbocycles. The van der Waals surface area contributed by atoms with Crippen LogP contribution >= 0.6 is 0 Å². The lowest BCUT2D eigenvalue weighted by atomic mass is 10.0. The van der Waals surface area contributed by atoms with Gasteiger partial charge in [0.15, 0.2) is 0 Å². The van der Waals surface area contributed by atoms with Crippen LogP contribution in [0.4, 0.5) is 5.69 Å². The molecule has 2 N–H and O–H groups in total. The summed E-state index contributed by atoms with van der Waals surface area (Å²) in [5.41, 5.74) is 1.90. The molecule has 4 nitrogen and oxygen atoms in total. The Morgan fingerprint density at radius 2 is 1.58 bits per heavy atom. The first-order valence-electron chi connectivity index (χ1n) is 9.38. The van der Waals surface area contributed by atoms with E-state index in [0.717, 1.165) is 36.9 Å². The average Bonchev–Trinajstić information content (AvgIpc) is 2.67. The largest absolute Gasteiger partial charge is 0.344 e. The van der Waals surface area contributed by atoms with Gasteiger partial charge in [-0.2, -0.15) is 0 Å². The van der Waals surface area contributed by atoms with Crippen molar-refractivity contribution in [2.45, 2.75) is 51.5 Å². The van der Waals surface area contributed by atoms with E-state index in [9.17, 15) is 9.59 Å². The van der Waals surface area contributed by atoms with Crippen molar-refractivity contribution in [3.05, 3.63) is 66.2 Å². The van der Waals surface area contributed by atoms with Gasteiger partial charge in [0.2, 0.25) is 11.8 Å². The standard InChI is InChI=1S/C22H28N2O2/c1-2-3-6-15-21(25)24-20(17-16-18-11-7-4-8-12-18)22(26)23-19-13-9-5-10-14-19/h4-5,7-14,20H,2-3,6,15-17H2,1H3,(H,23,26)(H,24,25)/t20-/m1/s1. The zero-order valence-corrected chi connectivity index (χ0v) is 15.4. The first kappa shape index (κ1) is 19.7. The summed E-state index contributed by atoms with van der Waals surface area (Å²) in [6.45, 7) is 2.11. The number of unbranched alkanes of at least 4 members (excludes halogenated alkanes) is 2. The van der Waals surface area contributed by atoms with E-state index in [1.54, 1.807) is 0 Å². The number of aryl methyl sites for hydroxylation is 1. The van der Waals surface area contributed by atoms with Crippen LogP contribution in [0.1, 0.15) is 44.6 Å². The lowest BCUT2D eigenvalue weighted by Crippen LogP contribution is -2.44. The van der Waals surface area contributed by atoms with Crippen LogP contribution in [-0.2, 0) is 16.0 Å². The SMILES string of the molecule is CCCCCC(=O)N[C@H](CCc1ccccc1)C(=O)Nc1ccccc1. The van der Waals surface area contributed by atoms with Gasteiger partial charge in [0.25, 0.3) is 0 Å². The zero-order chi connectivity index (χ0) is 18.6. The Hall–Kier alpha value is -2.62. The molecule has 0 radical (unpaired) electrons. The summed E-state index contributed by atoms with van der Waals surface area (Å²) in [4.78, 5) is 24.9. The number of amides is 2. The maximum absolute atomic E-state index is 12.7. The molecule has 0 aromatic heterocycles. The summed E-state index contributed by atoms with van der Waals surface area (Å²) in [7, 11) is 0. The van der Waals surface area contributed by atoms with E-state index >= 15 is 0 Å². The highest BCUT2D eigenvalue weighted by molar-refractivity contribution is 5.97. The zero-order valence-electron chi connectivity index (χ0n) is 15.4. The van der Waals surface area contributed by atoms with Gasteiger partial charge in [-0.05, 0) is 37.0 Å². The van der Waals surface area contributed by atoms with Crippen LogP contribution < -0.4 is 10.6 Å². The van der Waals surface area contributed by atoms with E-state index in [-0.39, 0.29) is 11.8 Å². The van der Waals surface area contributed by atoms with Gasteiger partial charge < -0.3 is 10.6 Å². The number of hydrogen-bond donors (Lipinski definition) is 2. The average molecular weight is 352 g/mol. The third-order valence-corrected chi connectivity index (χ3v) is 4.26. The Kier molecular flexibility index (Phi) is 8.40. The molecule has 2 rings (SSSR count). The lowest BCUT2D eigenvalue weighted by Gasteiger charge is -2.19. The van der Waals surface area contributed by atoms with Crippen LogP contribution in [0.25, 0.3) is 0 Å². The minimum Gasteiger partial charge on any atom is -0.344 e. The molecule has 0 spiro atoms. The topological polar surface area (TPSA) is 58.2 Å². The van der Waals surface area contributed by atoms with Crippen molar-refractivity contribution in [3.8, 4) is 0 Å². The molecular weight excluding hydrogens is 324 g/mol. The van der Waals surface area contributed by atoms with Crippen molar-refractivity contribution in [1.29, 1.82) is 0 Å². The lowest BCUT2D eigenvalue weighted by molar-refractivity contribution is -0.126. The molecule has 0 heterocycles. The van der Waals surface area contributed by atoms with Gasteiger partial charge in [-0.1, -0.05) is 68.3 Å². The van der Waals surface area contributed by atoms with Crippen LogP contribution in [-0.4, -0.2) is 17.9 Å². The molecule has 26 heavy (non-hydrogen) atoms. The second-order valence-electron chi connectivity index (χ2n) is 6.46. The third-order valence-electron chi connectivity index (χ3n) is 4.26. The number of para-hydroxylation sites is 1. The Balaban J connectivity index is 1.97. The Morgan fingerprint density at radius 3 is 2.23 bits per heavy atom. The van der Waals surface area contributed by atoms with Gasteiger partial charge in [-0.3, -0.25) is 9.59 Å². The predicted molar refractivity (Wildman–Crippen MR) is 106 cm³/mol. The molecule has 0 unspecified atom stereocenters. The van der Waals surface area contributed by atoms with Crippen LogP contribution in [0.15, 0.2) is 60.7 Å². The van der Waals surface area contributed by atoms with E-state index in [2.05, 4.69) is 17.6 Å². The van der Waals surface area contributed by atoms with Gasteiger partial charge in [-0.15, -0.1) is 0 Å². The fraction of sp³-hybridized carbons (Fsp3) is 0.364. The first-order valence-corrected chi connectivity index (χ1v) is 9.38. The molecule has 2 amide bonds. The number of hydrogen-bond acceptors (Lipinski definition) is 2. The van der Waals surface area contributed by atoms with Crippen molar-refractivity contribution in [2.75, 3.05) is 5.32 Å². The molecule has 4 heteroatoms. The first-order chi connectivity index (χ1) is 12.7. The summed E-state index contributed by atoms with van der Waals surface area (Å²) in [5.74, 6) is -0.226. The molecule has 1 atom stereocenters. The molecule has 0 bridgehead atoms. The van der Waals surface area contributed by atoms with Gasteiger partial charge in [0.05, 0.1) is 0 Å². The number of nitrogens with one attached hydrogen (secondary N) is 2. The molecule has 0 aliphatic heterocycles. The normalized spacial score (nSPS) is 11.6. The third kappa shape index (κ3) is 7.09. The molecule has 2 aromatic rings. The van der Waals surface area contributed by atoms with E-state index in [1.807, 2.05) is 60.7 Å². The second-order valence-corrected chi connectivity index (χ2v) is 6.46. The van der Waals surface area contributed by atoms with E-state index in [0.29, 0.717) is 12.8 Å². The van der Waals surface area contributed by atoms with Crippen LogP contribution in [0.3, 0.4) is 0 Å². The molecule has 0 aliphatic rings. The number of carbonyl (C=O) groups excluding carboxylic acids is 2. The second kappa shape index (κ2) is 11.1. The predicted octanol–water partition coefficient (Wildman–Crippen LogP) is 4.32. The molecule has 138 valence electrons. The summed E-state index contributed by atoms with van der Waals surface area (Å²) in [6.07, 6.45) is 4.73. The van der Waals surface area contributed by atoms with Gasteiger partial charge in [-0.25, -0.2) is 0 Å². The Labute approximate surface area is 156 Å². The van der Waals surface area contributed by atoms with Crippen LogP contribution in [0, 0.1) is 0 Å². The highest BCUT2D eigenvalue weighted by Gasteiger charge is 2.20. The quantitative estimate of drug-likeness (QED) is 0.626. The van der Waals surface area contributed by atoms with E-state index < -0.39 is 6.04 Å². The Morgan fingerprint density at radius 1 is 0.923 bits per heavy atom. The van der Waals surface area contributed by atoms with Crippen molar-refractivity contribution < 1.29 is 9.59 Å². The monoisotopic (exact) mass is 352 g/mol. The van der Waals surface area contributed by atoms with Crippen LogP contribution in [0.5, 0.6) is 0 Å². The van der Waals surface area contributed by atoms with Gasteiger partial charge in [0, 0.05) is 12.1 Å². The molecule has 0 aliphatic carbocycles. The number of carbonyl (C=O) groups is 2. The number of benzene rings is 2. The summed E-state index contributed by atoms with van der Waals surface area (Å²) in [6, 6.07) is 18.8. The smallest absolute Gasteiger partial charge is 0.246 e. The molecule has 0 fully saturated rings. The molecule has 0 saturated heterocycles. The minimum absolute atomic E-state index is 0.0558. The van der Waals surface area contributed by atoms with Crippen LogP contribution in [0.2, 0.25) is 0 Å². The maximum Gasteiger partial charge on any atom is 0.246 e. The maximum atomic E-state index is 12.7. The Bertz CT molecular complexity index is 671. The number of anilines is 1. The fourth-order valence-corrected chi connectivity index (χ4v) is 2.78. The van der Waals surface area contributed by atoms with E-state index in [1.165, 1.54) is 0 Å².